The van der Waals surface area contributed by atoms with Crippen LogP contribution >= 0.6 is 11.8 Å². The Morgan fingerprint density at radius 1 is 1.12 bits per heavy atom. The molecule has 0 atom stereocenters. The molecular weight excluding hydrogens is 350 g/mol. The van der Waals surface area contributed by atoms with Gasteiger partial charge in [0.25, 0.3) is 11.8 Å². The fourth-order valence-corrected chi connectivity index (χ4v) is 3.86. The van der Waals surface area contributed by atoms with Gasteiger partial charge in [-0.05, 0) is 24.6 Å². The number of unbranched alkanes of at least 4 members (excludes halogenated alkanes) is 1. The number of para-hydroxylation sites is 1. The predicted molar refractivity (Wildman–Crippen MR) is 102 cm³/mol. The van der Waals surface area contributed by atoms with E-state index in [2.05, 4.69) is 0 Å². The Kier molecular flexibility index (Phi) is 5.83. The summed E-state index contributed by atoms with van der Waals surface area (Å²) in [6, 6.07) is 11.0. The molecule has 3 rings (SSSR count). The number of carbonyl (C=O) groups is 2. The van der Waals surface area contributed by atoms with Gasteiger partial charge in [-0.25, -0.2) is 0 Å². The van der Waals surface area contributed by atoms with Crippen LogP contribution in [0.25, 0.3) is 5.57 Å². The molecule has 2 aromatic rings. The van der Waals surface area contributed by atoms with E-state index in [1.165, 1.54) is 16.7 Å². The van der Waals surface area contributed by atoms with Gasteiger partial charge in [0.2, 0.25) is 0 Å². The van der Waals surface area contributed by atoms with Crippen LogP contribution in [-0.2, 0) is 15.3 Å². The smallest absolute Gasteiger partial charge is 0.267 e. The summed E-state index contributed by atoms with van der Waals surface area (Å²) in [6.07, 6.45) is 3.29. The number of nitrogens with zero attached hydrogens (tertiary/aromatic N) is 1. The number of carbonyl (C=O) groups excluding carboxylic acids is 2. The van der Waals surface area contributed by atoms with E-state index in [4.69, 9.17) is 9.15 Å². The van der Waals surface area contributed by atoms with E-state index < -0.39 is 0 Å². The van der Waals surface area contributed by atoms with Gasteiger partial charge in [-0.15, -0.1) is 11.8 Å². The zero-order valence-corrected chi connectivity index (χ0v) is 15.7. The number of benzene rings is 1. The predicted octanol–water partition coefficient (Wildman–Crippen LogP) is 4.10. The number of ether oxygens (including phenoxy) is 1. The molecule has 0 spiro atoms. The Morgan fingerprint density at radius 2 is 1.92 bits per heavy atom. The maximum absolute atomic E-state index is 13.0. The van der Waals surface area contributed by atoms with Gasteiger partial charge < -0.3 is 9.15 Å². The van der Waals surface area contributed by atoms with Crippen LogP contribution in [-0.4, -0.2) is 30.4 Å². The highest BCUT2D eigenvalue weighted by molar-refractivity contribution is 8.03. The molecule has 6 heteroatoms. The first-order chi connectivity index (χ1) is 12.7. The van der Waals surface area contributed by atoms with Crippen molar-refractivity contribution >= 4 is 29.1 Å². The van der Waals surface area contributed by atoms with Crippen molar-refractivity contribution in [2.45, 2.75) is 25.5 Å². The van der Waals surface area contributed by atoms with Crippen molar-refractivity contribution in [2.24, 2.45) is 0 Å². The molecule has 1 aromatic heterocycles. The van der Waals surface area contributed by atoms with Gasteiger partial charge in [0, 0.05) is 12.1 Å². The largest absolute Gasteiger partial charge is 0.496 e. The average Bonchev–Trinajstić information content (AvgIpc) is 3.25. The minimum atomic E-state index is -0.255. The standard InChI is InChI=1S/C20H21NO4S/c1-3-4-11-21-19(22)17(15-9-5-6-10-16(15)24-2)18(20(21)23)26-13-14-8-7-12-25-14/h5-10,12H,3-4,11,13H2,1-2H3. The molecule has 2 heterocycles. The molecule has 0 bridgehead atoms. The fourth-order valence-electron chi connectivity index (χ4n) is 2.83. The number of hydrogen-bond donors (Lipinski definition) is 0. The van der Waals surface area contributed by atoms with E-state index in [0.717, 1.165) is 18.6 Å². The number of rotatable bonds is 8. The second-order valence-corrected chi connectivity index (χ2v) is 6.87. The van der Waals surface area contributed by atoms with Crippen molar-refractivity contribution in [3.05, 3.63) is 58.9 Å². The summed E-state index contributed by atoms with van der Waals surface area (Å²) in [7, 11) is 1.56. The summed E-state index contributed by atoms with van der Waals surface area (Å²) in [5.41, 5.74) is 1.06. The molecule has 0 aliphatic carbocycles. The second-order valence-electron chi connectivity index (χ2n) is 5.89. The fraction of sp³-hybridized carbons (Fsp3) is 0.300. The molecule has 26 heavy (non-hydrogen) atoms. The Morgan fingerprint density at radius 3 is 2.62 bits per heavy atom. The molecule has 136 valence electrons. The van der Waals surface area contributed by atoms with Gasteiger partial charge in [0.05, 0.1) is 29.6 Å². The van der Waals surface area contributed by atoms with Gasteiger partial charge in [-0.3, -0.25) is 14.5 Å². The summed E-state index contributed by atoms with van der Waals surface area (Å²) < 4.78 is 10.8. The van der Waals surface area contributed by atoms with Gasteiger partial charge in [0.15, 0.2) is 0 Å². The zero-order chi connectivity index (χ0) is 18.5. The van der Waals surface area contributed by atoms with E-state index in [-0.39, 0.29) is 11.8 Å². The van der Waals surface area contributed by atoms with E-state index in [9.17, 15) is 9.59 Å². The Hall–Kier alpha value is -2.47. The number of furan rings is 1. The number of thioether (sulfide) groups is 1. The molecule has 1 aromatic carbocycles. The van der Waals surface area contributed by atoms with Crippen LogP contribution in [0.1, 0.15) is 31.1 Å². The van der Waals surface area contributed by atoms with Crippen molar-refractivity contribution in [3.63, 3.8) is 0 Å². The molecule has 0 unspecified atom stereocenters. The molecule has 1 aliphatic heterocycles. The molecule has 0 N–H and O–H groups in total. The number of amides is 2. The van der Waals surface area contributed by atoms with Crippen LogP contribution in [0.3, 0.4) is 0 Å². The van der Waals surface area contributed by atoms with Crippen LogP contribution in [0, 0.1) is 0 Å². The number of imide groups is 1. The number of hydrogen-bond acceptors (Lipinski definition) is 5. The highest BCUT2D eigenvalue weighted by atomic mass is 32.2. The molecule has 0 fully saturated rings. The van der Waals surface area contributed by atoms with E-state index >= 15 is 0 Å². The van der Waals surface area contributed by atoms with Crippen LogP contribution < -0.4 is 4.74 Å². The first kappa shape index (κ1) is 18.3. The van der Waals surface area contributed by atoms with E-state index in [0.29, 0.717) is 34.1 Å². The average molecular weight is 371 g/mol. The van der Waals surface area contributed by atoms with Crippen LogP contribution in [0.5, 0.6) is 5.75 Å². The van der Waals surface area contributed by atoms with Crippen LogP contribution in [0.15, 0.2) is 52.0 Å². The summed E-state index contributed by atoms with van der Waals surface area (Å²) in [5, 5.41) is 0. The summed E-state index contributed by atoms with van der Waals surface area (Å²) in [6.45, 7) is 2.46. The molecule has 0 saturated heterocycles. The van der Waals surface area contributed by atoms with Gasteiger partial charge in [-0.1, -0.05) is 31.5 Å². The van der Waals surface area contributed by atoms with E-state index in [1.807, 2.05) is 31.2 Å². The van der Waals surface area contributed by atoms with Gasteiger partial charge in [-0.2, -0.15) is 0 Å². The van der Waals surface area contributed by atoms with Crippen molar-refractivity contribution in [1.82, 2.24) is 4.90 Å². The third kappa shape index (κ3) is 3.55. The third-order valence-electron chi connectivity index (χ3n) is 4.18. The second kappa shape index (κ2) is 8.27. The normalized spacial score (nSPS) is 14.5. The van der Waals surface area contributed by atoms with Crippen molar-refractivity contribution in [2.75, 3.05) is 13.7 Å². The lowest BCUT2D eigenvalue weighted by molar-refractivity contribution is -0.136. The van der Waals surface area contributed by atoms with Gasteiger partial charge >= 0.3 is 0 Å². The number of methoxy groups -OCH3 is 1. The highest BCUT2D eigenvalue weighted by Crippen LogP contribution is 2.40. The topological polar surface area (TPSA) is 59.8 Å². The maximum Gasteiger partial charge on any atom is 0.267 e. The van der Waals surface area contributed by atoms with Crippen molar-refractivity contribution in [1.29, 1.82) is 0 Å². The van der Waals surface area contributed by atoms with Crippen LogP contribution in [0.4, 0.5) is 0 Å². The Bertz CT molecular complexity index is 826. The molecular formula is C20H21NO4S. The zero-order valence-electron chi connectivity index (χ0n) is 14.9. The lowest BCUT2D eigenvalue weighted by Gasteiger charge is -2.14. The minimum Gasteiger partial charge on any atom is -0.496 e. The minimum absolute atomic E-state index is 0.235. The van der Waals surface area contributed by atoms with Crippen molar-refractivity contribution in [3.8, 4) is 5.75 Å². The maximum atomic E-state index is 13.0. The quantitative estimate of drug-likeness (QED) is 0.654. The molecule has 2 amide bonds. The molecule has 1 aliphatic rings. The lowest BCUT2D eigenvalue weighted by Crippen LogP contribution is -2.32. The van der Waals surface area contributed by atoms with E-state index in [1.54, 1.807) is 25.5 Å². The highest BCUT2D eigenvalue weighted by Gasteiger charge is 2.39. The molecule has 5 nitrogen and oxygen atoms in total. The third-order valence-corrected chi connectivity index (χ3v) is 5.27. The Balaban J connectivity index is 1.99. The first-order valence-corrected chi connectivity index (χ1v) is 9.55. The summed E-state index contributed by atoms with van der Waals surface area (Å²) in [5.74, 6) is 1.34. The summed E-state index contributed by atoms with van der Waals surface area (Å²) >= 11 is 1.33. The van der Waals surface area contributed by atoms with Crippen LogP contribution in [0.2, 0.25) is 0 Å². The first-order valence-electron chi connectivity index (χ1n) is 8.56. The molecule has 0 radical (unpaired) electrons. The lowest BCUT2D eigenvalue weighted by atomic mass is 10.1. The molecule has 0 saturated carbocycles. The summed E-state index contributed by atoms with van der Waals surface area (Å²) in [4.78, 5) is 27.7. The monoisotopic (exact) mass is 371 g/mol. The SMILES string of the molecule is CCCCN1C(=O)C(SCc2ccco2)=C(c2ccccc2OC)C1=O. The Labute approximate surface area is 157 Å². The van der Waals surface area contributed by atoms with Crippen molar-refractivity contribution < 1.29 is 18.7 Å². The van der Waals surface area contributed by atoms with Gasteiger partial charge in [0.1, 0.15) is 11.5 Å².